The van der Waals surface area contributed by atoms with Crippen LogP contribution < -0.4 is 9.03 Å². The molecule has 0 unspecified atom stereocenters. The number of phenols is 1. The molecule has 0 saturated heterocycles. The van der Waals surface area contributed by atoms with Gasteiger partial charge in [0.25, 0.3) is 0 Å². The zero-order valence-electron chi connectivity index (χ0n) is 18.3. The van der Waals surface area contributed by atoms with Crippen molar-refractivity contribution in [2.75, 3.05) is 4.31 Å². The lowest BCUT2D eigenvalue weighted by Gasteiger charge is -2.24. The topological polar surface area (TPSA) is 116 Å². The van der Waals surface area contributed by atoms with Gasteiger partial charge < -0.3 is 14.9 Å². The summed E-state index contributed by atoms with van der Waals surface area (Å²) in [6.07, 6.45) is 2.37. The summed E-state index contributed by atoms with van der Waals surface area (Å²) in [5, 5.41) is 20.3. The normalized spacial score (nSPS) is 15.7. The van der Waals surface area contributed by atoms with Gasteiger partial charge in [-0.25, -0.2) is 13.4 Å². The predicted molar refractivity (Wildman–Crippen MR) is 119 cm³/mol. The summed E-state index contributed by atoms with van der Waals surface area (Å²) in [4.78, 5) is 12.2. The van der Waals surface area contributed by atoms with Crippen LogP contribution in [0.1, 0.15) is 46.1 Å². The van der Waals surface area contributed by atoms with Gasteiger partial charge >= 0.3 is 16.2 Å². The van der Waals surface area contributed by atoms with Gasteiger partial charge in [-0.3, -0.25) is 4.79 Å². The number of rotatable bonds is 7. The number of fused-ring (bicyclic) bond motifs is 1. The van der Waals surface area contributed by atoms with E-state index in [1.807, 2.05) is 18.6 Å². The highest BCUT2D eigenvalue weighted by molar-refractivity contribution is 7.91. The van der Waals surface area contributed by atoms with Gasteiger partial charge in [-0.2, -0.15) is 8.42 Å². The lowest BCUT2D eigenvalue weighted by molar-refractivity contribution is -0.158. The summed E-state index contributed by atoms with van der Waals surface area (Å²) in [5.41, 5.74) is -0.442. The Bertz CT molecular complexity index is 1190. The maximum absolute atomic E-state index is 15.3. The summed E-state index contributed by atoms with van der Waals surface area (Å²) in [5.74, 6) is -2.46. The lowest BCUT2D eigenvalue weighted by Crippen LogP contribution is -2.30. The Morgan fingerprint density at radius 3 is 2.53 bits per heavy atom. The molecule has 3 rings (SSSR count). The third-order valence-electron chi connectivity index (χ3n) is 5.21. The Balaban J connectivity index is 1.85. The van der Waals surface area contributed by atoms with E-state index >= 15 is 4.39 Å². The molecular weight excluding hydrogens is 439 g/mol. The number of phenolic OH excluding ortho intramolecular Hbond substituents is 1. The molecule has 1 aliphatic heterocycles. The first kappa shape index (κ1) is 23.6. The zero-order chi connectivity index (χ0) is 23.8. The smallest absolute Gasteiger partial charge is 0.330 e. The number of benzene rings is 2. The Kier molecular flexibility index (Phi) is 6.28. The Labute approximate surface area is 186 Å². The number of hydrogen-bond acceptors (Lipinski definition) is 6. The number of ether oxygens (including phenoxy) is 1. The number of aliphatic hydroxyl groups excluding tert-OH is 1. The molecule has 174 valence electrons. The molecule has 2 aromatic carbocycles. The van der Waals surface area contributed by atoms with Crippen LogP contribution in [-0.4, -0.2) is 30.7 Å². The molecule has 0 radical (unpaired) electrons. The summed E-state index contributed by atoms with van der Waals surface area (Å²) in [7, 11) is -4.26. The van der Waals surface area contributed by atoms with E-state index in [-0.39, 0.29) is 17.5 Å². The van der Waals surface area contributed by atoms with Gasteiger partial charge in [0.1, 0.15) is 11.4 Å². The van der Waals surface area contributed by atoms with Crippen molar-refractivity contribution in [2.24, 2.45) is 5.41 Å². The monoisotopic (exact) mass is 466 g/mol. The fraction of sp³-hybridized carbons (Fsp3) is 0.409. The number of nitrogens with one attached hydrogen (secondary N) is 1. The highest BCUT2D eigenvalue weighted by Crippen LogP contribution is 2.39. The Hall–Kier alpha value is -3.01. The number of carbonyl (C=O) groups excluding carboxylic acids is 1. The number of carbonyl (C=O) groups is 1. The van der Waals surface area contributed by atoms with E-state index in [9.17, 15) is 23.4 Å². The number of nitrogens with zero attached hydrogens (tertiary/aromatic N) is 1. The van der Waals surface area contributed by atoms with E-state index in [4.69, 9.17) is 4.74 Å². The molecule has 0 atom stereocenters. The van der Waals surface area contributed by atoms with Crippen molar-refractivity contribution in [1.82, 2.24) is 4.72 Å². The van der Waals surface area contributed by atoms with E-state index in [2.05, 4.69) is 0 Å². The van der Waals surface area contributed by atoms with Crippen molar-refractivity contribution in [2.45, 2.75) is 53.1 Å². The van der Waals surface area contributed by atoms with Crippen LogP contribution in [0.3, 0.4) is 0 Å². The molecule has 0 saturated carbocycles. The van der Waals surface area contributed by atoms with Crippen molar-refractivity contribution in [1.29, 1.82) is 0 Å². The maximum Gasteiger partial charge on any atom is 0.330 e. The first-order chi connectivity index (χ1) is 14.8. The van der Waals surface area contributed by atoms with Crippen LogP contribution >= 0.6 is 0 Å². The van der Waals surface area contributed by atoms with Crippen LogP contribution in [0.15, 0.2) is 36.3 Å². The number of aliphatic hydroxyl groups is 1. The van der Waals surface area contributed by atoms with Gasteiger partial charge in [0.2, 0.25) is 5.88 Å². The van der Waals surface area contributed by atoms with Crippen molar-refractivity contribution in [3.8, 4) is 5.75 Å². The van der Waals surface area contributed by atoms with Gasteiger partial charge in [-0.05, 0) is 70.0 Å². The van der Waals surface area contributed by atoms with Crippen molar-refractivity contribution >= 4 is 32.6 Å². The Morgan fingerprint density at radius 1 is 1.25 bits per heavy atom. The largest absolute Gasteiger partial charge is 0.506 e. The molecule has 2 aromatic rings. The third-order valence-corrected chi connectivity index (χ3v) is 6.48. The second kappa shape index (κ2) is 8.50. The number of halogens is 1. The molecule has 0 aromatic heterocycles. The minimum absolute atomic E-state index is 0.128. The molecule has 0 bridgehead atoms. The lowest BCUT2D eigenvalue weighted by atomic mass is 9.86. The van der Waals surface area contributed by atoms with Gasteiger partial charge in [0.15, 0.2) is 5.82 Å². The standard InChI is InChI=1S/C22H27FN2O6S/c1-13(2)31-21(28)22(3,4)9-5-6-14-7-8-15-11-17(26)20(19(23)16(15)10-14)25-12-18(27)24-32(25,29)30/h7-8,10-13,24,26-27H,5-6,9H2,1-4H3. The molecule has 1 aliphatic rings. The predicted octanol–water partition coefficient (Wildman–Crippen LogP) is 4.00. The van der Waals surface area contributed by atoms with Crippen LogP contribution in [0.5, 0.6) is 5.75 Å². The summed E-state index contributed by atoms with van der Waals surface area (Å²) < 4.78 is 47.1. The van der Waals surface area contributed by atoms with Crippen LogP contribution in [0.4, 0.5) is 10.1 Å². The second-order valence-corrected chi connectivity index (χ2v) is 10.3. The molecule has 8 nitrogen and oxygen atoms in total. The van der Waals surface area contributed by atoms with E-state index in [0.717, 1.165) is 11.8 Å². The SMILES string of the molecule is CC(C)OC(=O)C(C)(C)CCCc1ccc2cc(O)c(N3C=C(O)NS3(=O)=O)c(F)c2c1. The molecule has 0 amide bonds. The zero-order valence-corrected chi connectivity index (χ0v) is 19.2. The van der Waals surface area contributed by atoms with Crippen LogP contribution in [-0.2, 0) is 26.2 Å². The summed E-state index contributed by atoms with van der Waals surface area (Å²) in [6.45, 7) is 7.23. The number of esters is 1. The number of anilines is 1. The number of aromatic hydroxyl groups is 1. The van der Waals surface area contributed by atoms with E-state index in [1.54, 1.807) is 32.0 Å². The van der Waals surface area contributed by atoms with Crippen molar-refractivity contribution < 1.29 is 32.6 Å². The molecule has 3 N–H and O–H groups in total. The quantitative estimate of drug-likeness (QED) is 0.531. The minimum atomic E-state index is -4.26. The second-order valence-electron chi connectivity index (χ2n) is 8.72. The van der Waals surface area contributed by atoms with Gasteiger partial charge in [-0.15, -0.1) is 0 Å². The van der Waals surface area contributed by atoms with E-state index in [0.29, 0.717) is 29.0 Å². The third kappa shape index (κ3) is 4.74. The van der Waals surface area contributed by atoms with Crippen LogP contribution in [0, 0.1) is 11.2 Å². The van der Waals surface area contributed by atoms with Gasteiger partial charge in [0.05, 0.1) is 17.7 Å². The fourth-order valence-electron chi connectivity index (χ4n) is 3.52. The number of aryl methyl sites for hydroxylation is 1. The van der Waals surface area contributed by atoms with Gasteiger partial charge in [0, 0.05) is 5.39 Å². The average molecular weight is 467 g/mol. The summed E-state index contributed by atoms with van der Waals surface area (Å²) in [6, 6.07) is 6.29. The molecule has 0 aliphatic carbocycles. The summed E-state index contributed by atoms with van der Waals surface area (Å²) >= 11 is 0. The molecular formula is C22H27FN2O6S. The highest BCUT2D eigenvalue weighted by Gasteiger charge is 2.34. The molecule has 0 spiro atoms. The first-order valence-electron chi connectivity index (χ1n) is 10.2. The van der Waals surface area contributed by atoms with Gasteiger partial charge in [-0.1, -0.05) is 12.1 Å². The first-order valence-corrected chi connectivity index (χ1v) is 11.6. The fourth-order valence-corrected chi connectivity index (χ4v) is 4.59. The average Bonchev–Trinajstić information content (AvgIpc) is 2.93. The maximum atomic E-state index is 15.3. The molecule has 32 heavy (non-hydrogen) atoms. The van der Waals surface area contributed by atoms with E-state index in [1.165, 1.54) is 6.07 Å². The van der Waals surface area contributed by atoms with Crippen molar-refractivity contribution in [3.63, 3.8) is 0 Å². The molecule has 0 fully saturated rings. The van der Waals surface area contributed by atoms with Crippen LogP contribution in [0.25, 0.3) is 10.8 Å². The highest BCUT2D eigenvalue weighted by atomic mass is 32.2. The Morgan fingerprint density at radius 2 is 1.94 bits per heavy atom. The molecule has 1 heterocycles. The van der Waals surface area contributed by atoms with Crippen LogP contribution in [0.2, 0.25) is 0 Å². The van der Waals surface area contributed by atoms with E-state index < -0.39 is 38.8 Å². The molecule has 10 heteroatoms. The number of hydrogen-bond donors (Lipinski definition) is 3. The minimum Gasteiger partial charge on any atom is -0.506 e. The van der Waals surface area contributed by atoms with Crippen molar-refractivity contribution in [3.05, 3.63) is 47.7 Å².